The number of hydrogen-bond acceptors (Lipinski definition) is 5. The van der Waals surface area contributed by atoms with Gasteiger partial charge in [0.05, 0.1) is 18.4 Å². The van der Waals surface area contributed by atoms with Gasteiger partial charge in [0.2, 0.25) is 0 Å². The molecule has 0 saturated carbocycles. The molecule has 0 unspecified atom stereocenters. The molecule has 2 aromatic rings. The Morgan fingerprint density at radius 2 is 2.14 bits per heavy atom. The first-order valence-corrected chi connectivity index (χ1v) is 7.39. The van der Waals surface area contributed by atoms with E-state index in [1.165, 1.54) is 18.4 Å². The number of methoxy groups -OCH3 is 1. The van der Waals surface area contributed by atoms with Crippen molar-refractivity contribution >= 4 is 28.3 Å². The average Bonchev–Trinajstić information content (AvgIpc) is 3.01. The van der Waals surface area contributed by atoms with E-state index in [9.17, 15) is 9.59 Å². The Balaban J connectivity index is 2.33. The maximum atomic E-state index is 12.3. The van der Waals surface area contributed by atoms with Crippen LogP contribution < -0.4 is 5.32 Å². The summed E-state index contributed by atoms with van der Waals surface area (Å²) in [5.41, 5.74) is 2.92. The molecular weight excluding hydrogens is 290 g/mol. The Kier molecular flexibility index (Phi) is 4.42. The third-order valence-electron chi connectivity index (χ3n) is 3.14. The minimum Gasteiger partial charge on any atom is -0.465 e. The largest absolute Gasteiger partial charge is 0.465 e. The molecule has 0 radical (unpaired) electrons. The molecule has 112 valence electrons. The first-order chi connectivity index (χ1) is 9.97. The van der Waals surface area contributed by atoms with Gasteiger partial charge in [0.15, 0.2) is 5.13 Å². The summed E-state index contributed by atoms with van der Waals surface area (Å²) in [6.07, 6.45) is 0.606. The summed E-state index contributed by atoms with van der Waals surface area (Å²) in [6.45, 7) is 5.49. The molecule has 2 aromatic heterocycles. The van der Waals surface area contributed by atoms with Crippen molar-refractivity contribution < 1.29 is 14.3 Å². The normalized spacial score (nSPS) is 10.5. The van der Waals surface area contributed by atoms with Gasteiger partial charge in [-0.25, -0.2) is 9.78 Å². The van der Waals surface area contributed by atoms with Crippen LogP contribution in [0.1, 0.15) is 44.7 Å². The van der Waals surface area contributed by atoms with Crippen LogP contribution in [0.25, 0.3) is 0 Å². The predicted octanol–water partition coefficient (Wildman–Crippen LogP) is 2.69. The Labute approximate surface area is 126 Å². The number of esters is 1. The second kappa shape index (κ2) is 6.09. The molecule has 0 bridgehead atoms. The number of carbonyl (C=O) groups is 2. The van der Waals surface area contributed by atoms with E-state index >= 15 is 0 Å². The number of nitrogens with one attached hydrogen (secondary N) is 2. The number of H-pyrrole nitrogens is 1. The Morgan fingerprint density at radius 3 is 2.67 bits per heavy atom. The minimum absolute atomic E-state index is 0.313. The summed E-state index contributed by atoms with van der Waals surface area (Å²) >= 11 is 1.36. The van der Waals surface area contributed by atoms with Gasteiger partial charge in [-0.05, 0) is 25.8 Å². The summed E-state index contributed by atoms with van der Waals surface area (Å²) in [6, 6.07) is 0. The van der Waals surface area contributed by atoms with Crippen LogP contribution in [-0.4, -0.2) is 29.0 Å². The summed E-state index contributed by atoms with van der Waals surface area (Å²) < 4.78 is 4.77. The smallest absolute Gasteiger partial charge is 0.339 e. The van der Waals surface area contributed by atoms with Crippen LogP contribution in [-0.2, 0) is 11.2 Å². The molecule has 7 heteroatoms. The Bertz CT molecular complexity index is 688. The molecule has 21 heavy (non-hydrogen) atoms. The second-order valence-corrected chi connectivity index (χ2v) is 5.43. The molecule has 2 rings (SSSR count). The number of hydrogen-bond donors (Lipinski definition) is 2. The van der Waals surface area contributed by atoms with Crippen molar-refractivity contribution in [3.8, 4) is 0 Å². The van der Waals surface area contributed by atoms with Gasteiger partial charge < -0.3 is 9.72 Å². The van der Waals surface area contributed by atoms with Crippen molar-refractivity contribution in [1.82, 2.24) is 9.97 Å². The van der Waals surface area contributed by atoms with Crippen LogP contribution >= 0.6 is 11.3 Å². The van der Waals surface area contributed by atoms with E-state index in [0.29, 0.717) is 34.1 Å². The lowest BCUT2D eigenvalue weighted by Crippen LogP contribution is -2.14. The van der Waals surface area contributed by atoms with E-state index in [2.05, 4.69) is 15.3 Å². The molecule has 0 saturated heterocycles. The molecule has 0 aliphatic carbocycles. The third kappa shape index (κ3) is 2.97. The lowest BCUT2D eigenvalue weighted by molar-refractivity contribution is 0.0599. The molecule has 0 atom stereocenters. The van der Waals surface area contributed by atoms with Crippen LogP contribution in [0.4, 0.5) is 5.13 Å². The maximum Gasteiger partial charge on any atom is 0.339 e. The molecule has 0 aliphatic rings. The number of aromatic amines is 1. The van der Waals surface area contributed by atoms with Gasteiger partial charge in [0, 0.05) is 11.1 Å². The van der Waals surface area contributed by atoms with E-state index < -0.39 is 5.97 Å². The van der Waals surface area contributed by atoms with Crippen LogP contribution in [0.2, 0.25) is 0 Å². The predicted molar refractivity (Wildman–Crippen MR) is 81.1 cm³/mol. The topological polar surface area (TPSA) is 84.1 Å². The number of rotatable bonds is 4. The SMILES string of the molecule is CCc1[nH]c(C(=O)Nc2nc(C)cs2)c(C)c1C(=O)OC. The van der Waals surface area contributed by atoms with E-state index in [1.807, 2.05) is 19.2 Å². The molecule has 1 amide bonds. The van der Waals surface area contributed by atoms with Crippen molar-refractivity contribution in [2.24, 2.45) is 0 Å². The van der Waals surface area contributed by atoms with Crippen LogP contribution in [0.15, 0.2) is 5.38 Å². The molecule has 0 aromatic carbocycles. The van der Waals surface area contributed by atoms with Gasteiger partial charge in [0.1, 0.15) is 5.69 Å². The monoisotopic (exact) mass is 307 g/mol. The quantitative estimate of drug-likeness (QED) is 0.851. The zero-order valence-electron chi connectivity index (χ0n) is 12.4. The number of aromatic nitrogens is 2. The fourth-order valence-electron chi connectivity index (χ4n) is 2.10. The number of ether oxygens (including phenoxy) is 1. The van der Waals surface area contributed by atoms with Crippen molar-refractivity contribution in [2.45, 2.75) is 27.2 Å². The lowest BCUT2D eigenvalue weighted by atomic mass is 10.1. The number of anilines is 1. The first-order valence-electron chi connectivity index (χ1n) is 6.51. The second-order valence-electron chi connectivity index (χ2n) is 4.57. The highest BCUT2D eigenvalue weighted by atomic mass is 32.1. The van der Waals surface area contributed by atoms with E-state index in [0.717, 1.165) is 5.69 Å². The summed E-state index contributed by atoms with van der Waals surface area (Å²) in [7, 11) is 1.33. The van der Waals surface area contributed by atoms with Crippen LogP contribution in [0, 0.1) is 13.8 Å². The highest BCUT2D eigenvalue weighted by molar-refractivity contribution is 7.13. The van der Waals surface area contributed by atoms with Crippen molar-refractivity contribution in [1.29, 1.82) is 0 Å². The molecule has 6 nitrogen and oxygen atoms in total. The molecular formula is C14H17N3O3S. The van der Waals surface area contributed by atoms with E-state index in [1.54, 1.807) is 6.92 Å². The van der Waals surface area contributed by atoms with Gasteiger partial charge in [0.25, 0.3) is 5.91 Å². The minimum atomic E-state index is -0.440. The zero-order valence-corrected chi connectivity index (χ0v) is 13.2. The highest BCUT2D eigenvalue weighted by Gasteiger charge is 2.23. The molecule has 0 aliphatic heterocycles. The highest BCUT2D eigenvalue weighted by Crippen LogP contribution is 2.22. The van der Waals surface area contributed by atoms with Gasteiger partial charge in [-0.3, -0.25) is 10.1 Å². The van der Waals surface area contributed by atoms with Crippen LogP contribution in [0.5, 0.6) is 0 Å². The third-order valence-corrected chi connectivity index (χ3v) is 4.01. The summed E-state index contributed by atoms with van der Waals surface area (Å²) in [5.74, 6) is -0.753. The summed E-state index contributed by atoms with van der Waals surface area (Å²) in [5, 5.41) is 5.11. The van der Waals surface area contributed by atoms with Gasteiger partial charge in [-0.1, -0.05) is 6.92 Å². The van der Waals surface area contributed by atoms with Crippen LogP contribution in [0.3, 0.4) is 0 Å². The van der Waals surface area contributed by atoms with Crippen molar-refractivity contribution in [2.75, 3.05) is 12.4 Å². The van der Waals surface area contributed by atoms with E-state index in [-0.39, 0.29) is 5.91 Å². The molecule has 2 heterocycles. The number of amides is 1. The fourth-order valence-corrected chi connectivity index (χ4v) is 2.78. The number of aryl methyl sites for hydroxylation is 2. The fraction of sp³-hybridized carbons (Fsp3) is 0.357. The summed E-state index contributed by atoms with van der Waals surface area (Å²) in [4.78, 5) is 31.3. The first kappa shape index (κ1) is 15.2. The number of thiazole rings is 1. The molecule has 2 N–H and O–H groups in total. The van der Waals surface area contributed by atoms with Crippen molar-refractivity contribution in [3.63, 3.8) is 0 Å². The number of nitrogens with zero attached hydrogens (tertiary/aromatic N) is 1. The van der Waals surface area contributed by atoms with Gasteiger partial charge in [-0.15, -0.1) is 11.3 Å². The van der Waals surface area contributed by atoms with Gasteiger partial charge in [-0.2, -0.15) is 0 Å². The lowest BCUT2D eigenvalue weighted by Gasteiger charge is -2.02. The Hall–Kier alpha value is -2.15. The number of carbonyl (C=O) groups excluding carboxylic acids is 2. The standard InChI is InChI=1S/C14H17N3O3S/c1-5-9-10(13(19)20-4)8(3)11(16-9)12(18)17-14-15-7(2)6-21-14/h6,16H,5H2,1-4H3,(H,15,17,18). The Morgan fingerprint density at radius 1 is 1.43 bits per heavy atom. The molecule has 0 spiro atoms. The zero-order chi connectivity index (χ0) is 15.6. The molecule has 0 fully saturated rings. The maximum absolute atomic E-state index is 12.3. The van der Waals surface area contributed by atoms with E-state index in [4.69, 9.17) is 4.74 Å². The average molecular weight is 307 g/mol. The van der Waals surface area contributed by atoms with Gasteiger partial charge >= 0.3 is 5.97 Å². The van der Waals surface area contributed by atoms with Crippen molar-refractivity contribution in [3.05, 3.63) is 33.6 Å².